The molecule has 0 saturated heterocycles. The van der Waals surface area contributed by atoms with Gasteiger partial charge in [0, 0.05) is 34.1 Å². The molecule has 0 radical (unpaired) electrons. The van der Waals surface area contributed by atoms with Crippen molar-refractivity contribution in [2.75, 3.05) is 26.4 Å². The topological polar surface area (TPSA) is 153 Å². The molecule has 0 aliphatic heterocycles. The van der Waals surface area contributed by atoms with Crippen LogP contribution in [0.4, 0.5) is 0 Å². The van der Waals surface area contributed by atoms with E-state index >= 15 is 0 Å². The molecule has 0 saturated carbocycles. The maximum Gasteiger partial charge on any atom is 0.349 e. The summed E-state index contributed by atoms with van der Waals surface area (Å²) in [5.74, 6) is -3.22. The third-order valence-corrected chi connectivity index (χ3v) is 9.25. The first-order valence-electron chi connectivity index (χ1n) is 17.9. The van der Waals surface area contributed by atoms with Crippen LogP contribution in [0.25, 0.3) is 33.4 Å². The summed E-state index contributed by atoms with van der Waals surface area (Å²) in [6.45, 7) is 6.28. The number of benzene rings is 4. The van der Waals surface area contributed by atoms with Gasteiger partial charge in [-0.1, -0.05) is 125 Å². The van der Waals surface area contributed by atoms with Gasteiger partial charge in [0.1, 0.15) is 36.5 Å². The van der Waals surface area contributed by atoms with Crippen molar-refractivity contribution >= 4 is 35.0 Å². The highest BCUT2D eigenvalue weighted by molar-refractivity contribution is 6.13. The zero-order chi connectivity index (χ0) is 40.0. The molecule has 6 rings (SSSR count). The van der Waals surface area contributed by atoms with E-state index in [1.54, 1.807) is 27.7 Å². The minimum Gasteiger partial charge on any atom is -0.462 e. The lowest BCUT2D eigenvalue weighted by molar-refractivity contribution is -0.149. The number of ether oxygens (including phenoxy) is 4. The first-order chi connectivity index (χ1) is 26.8. The lowest BCUT2D eigenvalue weighted by Crippen LogP contribution is -2.29. The van der Waals surface area contributed by atoms with Gasteiger partial charge >= 0.3 is 23.9 Å². The van der Waals surface area contributed by atoms with Gasteiger partial charge in [0.2, 0.25) is 0 Å². The Balaban J connectivity index is 0.978. The predicted molar refractivity (Wildman–Crippen MR) is 208 cm³/mol. The Hall–Kier alpha value is -7.04. The maximum absolute atomic E-state index is 13.2. The standard InChI is InChI=1S/C46H38N2O8/c1-45(2,27-55-43(51)37(23-47)41-33-17-9-5-13-29(33)30-14-6-10-18-34(30)41)25-53-39(49)21-22-40(50)54-26-46(3,4)28-56-44(52)38(24-48)42-35-19-11-7-15-31(35)32-16-8-12-20-36(32)42/h5-22H,25-28H2,1-4H3/b22-21+. The van der Waals surface area contributed by atoms with Crippen molar-refractivity contribution in [2.45, 2.75) is 27.7 Å². The maximum atomic E-state index is 13.2. The fourth-order valence-electron chi connectivity index (χ4n) is 6.49. The summed E-state index contributed by atoms with van der Waals surface area (Å²) >= 11 is 0. The van der Waals surface area contributed by atoms with Gasteiger partial charge < -0.3 is 18.9 Å². The van der Waals surface area contributed by atoms with Crippen LogP contribution in [0.15, 0.2) is 120 Å². The van der Waals surface area contributed by atoms with Crippen molar-refractivity contribution in [3.63, 3.8) is 0 Å². The van der Waals surface area contributed by atoms with Gasteiger partial charge in [0.25, 0.3) is 0 Å². The lowest BCUT2D eigenvalue weighted by Gasteiger charge is -2.23. The van der Waals surface area contributed by atoms with E-state index in [4.69, 9.17) is 18.9 Å². The molecule has 0 amide bonds. The van der Waals surface area contributed by atoms with E-state index in [2.05, 4.69) is 0 Å². The lowest BCUT2D eigenvalue weighted by atomic mass is 9.96. The Morgan fingerprint density at radius 3 is 0.982 bits per heavy atom. The molecule has 280 valence electrons. The molecule has 0 bridgehead atoms. The van der Waals surface area contributed by atoms with Crippen LogP contribution in [0.3, 0.4) is 0 Å². The normalized spacial score (nSPS) is 12.3. The number of carbonyl (C=O) groups excluding carboxylic acids is 4. The molecule has 0 N–H and O–H groups in total. The largest absolute Gasteiger partial charge is 0.462 e. The van der Waals surface area contributed by atoms with Gasteiger partial charge in [-0.05, 0) is 44.5 Å². The van der Waals surface area contributed by atoms with Crippen molar-refractivity contribution in [3.05, 3.63) is 143 Å². The summed E-state index contributed by atoms with van der Waals surface area (Å²) in [7, 11) is 0. The predicted octanol–water partition coefficient (Wildman–Crippen LogP) is 7.78. The monoisotopic (exact) mass is 746 g/mol. The number of nitrogens with zero attached hydrogens (tertiary/aromatic N) is 2. The molecule has 2 aliphatic carbocycles. The van der Waals surface area contributed by atoms with Crippen molar-refractivity contribution in [2.24, 2.45) is 10.8 Å². The smallest absolute Gasteiger partial charge is 0.349 e. The highest BCUT2D eigenvalue weighted by Gasteiger charge is 2.32. The summed E-state index contributed by atoms with van der Waals surface area (Å²) in [4.78, 5) is 51.4. The van der Waals surface area contributed by atoms with Crippen LogP contribution in [0.2, 0.25) is 0 Å². The Labute approximate surface area is 324 Å². The summed E-state index contributed by atoms with van der Waals surface area (Å²) in [6.07, 6.45) is 1.85. The molecule has 0 aromatic heterocycles. The van der Waals surface area contributed by atoms with Crippen molar-refractivity contribution in [1.82, 2.24) is 0 Å². The van der Waals surface area contributed by atoms with Crippen LogP contribution >= 0.6 is 0 Å². The zero-order valence-electron chi connectivity index (χ0n) is 31.4. The Morgan fingerprint density at radius 1 is 0.464 bits per heavy atom. The van der Waals surface area contributed by atoms with Crippen LogP contribution < -0.4 is 0 Å². The van der Waals surface area contributed by atoms with E-state index in [0.29, 0.717) is 11.1 Å². The SMILES string of the molecule is CC(C)(COC(=O)/C=C/C(=O)OCC(C)(C)COC(=O)C(C#N)=C1c2ccccc2-c2ccccc21)COC(=O)C(C#N)=C1c2ccccc2-c2ccccc21. The number of hydrogen-bond acceptors (Lipinski definition) is 10. The third-order valence-electron chi connectivity index (χ3n) is 9.25. The average molecular weight is 747 g/mol. The second-order valence-electron chi connectivity index (χ2n) is 14.9. The first kappa shape index (κ1) is 38.7. The van der Waals surface area contributed by atoms with Crippen molar-refractivity contribution in [1.29, 1.82) is 10.5 Å². The summed E-state index contributed by atoms with van der Waals surface area (Å²) < 4.78 is 21.7. The van der Waals surface area contributed by atoms with E-state index in [0.717, 1.165) is 56.7 Å². The molecule has 2 aliphatic rings. The van der Waals surface area contributed by atoms with Crippen molar-refractivity contribution in [3.8, 4) is 34.4 Å². The number of hydrogen-bond donors (Lipinski definition) is 0. The fraction of sp³-hybridized carbons (Fsp3) is 0.217. The van der Waals surface area contributed by atoms with Gasteiger partial charge in [-0.15, -0.1) is 0 Å². The number of rotatable bonds is 12. The second kappa shape index (κ2) is 16.1. The van der Waals surface area contributed by atoms with Crippen LogP contribution in [-0.2, 0) is 38.1 Å². The minimum atomic E-state index is -0.830. The quantitative estimate of drug-likeness (QED) is 0.0525. The Kier molecular flexibility index (Phi) is 11.1. The summed E-state index contributed by atoms with van der Waals surface area (Å²) in [5, 5.41) is 20.0. The molecular formula is C46H38N2O8. The molecule has 56 heavy (non-hydrogen) atoms. The third kappa shape index (κ3) is 8.20. The number of fused-ring (bicyclic) bond motifs is 6. The molecule has 4 aromatic rings. The van der Waals surface area contributed by atoms with E-state index < -0.39 is 34.7 Å². The minimum absolute atomic E-state index is 0.122. The van der Waals surface area contributed by atoms with Gasteiger partial charge in [0.15, 0.2) is 0 Å². The molecule has 4 aromatic carbocycles. The summed E-state index contributed by atoms with van der Waals surface area (Å²) in [6, 6.07) is 34.2. The number of nitriles is 2. The first-order valence-corrected chi connectivity index (χ1v) is 17.9. The molecule has 0 heterocycles. The Morgan fingerprint density at radius 2 is 0.714 bits per heavy atom. The van der Waals surface area contributed by atoms with E-state index in [-0.39, 0.29) is 37.6 Å². The van der Waals surface area contributed by atoms with E-state index in [9.17, 15) is 29.7 Å². The van der Waals surface area contributed by atoms with Crippen LogP contribution in [0, 0.1) is 33.5 Å². The number of carbonyl (C=O) groups is 4. The molecule has 0 fully saturated rings. The second-order valence-corrected chi connectivity index (χ2v) is 14.9. The van der Waals surface area contributed by atoms with E-state index in [1.807, 2.05) is 109 Å². The van der Waals surface area contributed by atoms with Crippen LogP contribution in [0.5, 0.6) is 0 Å². The van der Waals surface area contributed by atoms with E-state index in [1.165, 1.54) is 0 Å². The molecule has 0 spiro atoms. The summed E-state index contributed by atoms with van der Waals surface area (Å²) in [5.41, 5.74) is 5.91. The Bertz CT molecular complexity index is 2170. The molecule has 10 nitrogen and oxygen atoms in total. The zero-order valence-corrected chi connectivity index (χ0v) is 31.4. The number of esters is 4. The highest BCUT2D eigenvalue weighted by Crippen LogP contribution is 2.46. The molecule has 0 unspecified atom stereocenters. The van der Waals surface area contributed by atoms with Crippen LogP contribution in [-0.4, -0.2) is 50.3 Å². The molecular weight excluding hydrogens is 709 g/mol. The van der Waals surface area contributed by atoms with Gasteiger partial charge in [-0.3, -0.25) is 0 Å². The van der Waals surface area contributed by atoms with Gasteiger partial charge in [-0.2, -0.15) is 10.5 Å². The van der Waals surface area contributed by atoms with Crippen molar-refractivity contribution < 1.29 is 38.1 Å². The average Bonchev–Trinajstić information content (AvgIpc) is 3.71. The van der Waals surface area contributed by atoms with Gasteiger partial charge in [0.05, 0.1) is 13.2 Å². The van der Waals surface area contributed by atoms with Crippen LogP contribution in [0.1, 0.15) is 49.9 Å². The van der Waals surface area contributed by atoms with Gasteiger partial charge in [-0.25, -0.2) is 19.2 Å². The fourth-order valence-corrected chi connectivity index (χ4v) is 6.49. The molecule has 10 heteroatoms. The highest BCUT2D eigenvalue weighted by atomic mass is 16.6. The molecule has 0 atom stereocenters.